The first-order valence-electron chi connectivity index (χ1n) is 19.7. The number of aliphatic hydroxyl groups is 2. The standard InChI is InChI=1S/C42H62N2O11/c1-12-32-41(7,49)31(17-18-51-38(48)28-20-27-15-13-14-16-29(27)43-22-28)42(8)35(55-42)23(2)21-40(6,50-11)36(25(4)33(45)26(5)37(47)53-32)54-39-34(46)30(44(9)10)19-24(3)52-39/h13-16,20,22-26,30-32,34-36,39,46,49H,12,17-19,21H2,1-11H3/t23-,24-,25-,26?,30+,31-,32-,34-,35?,36-,39+,40-,41+,42?/m1/s1. The first kappa shape index (κ1) is 43.1. The molecule has 4 heterocycles. The fraction of sp³-hybridized carbons (Fsp3) is 0.714. The molecule has 2 aromatic rings. The lowest BCUT2D eigenvalue weighted by Gasteiger charge is -2.47. The third-order valence-corrected chi connectivity index (χ3v) is 12.6. The monoisotopic (exact) mass is 770 g/mol. The number of carbonyl (C=O) groups is 3. The largest absolute Gasteiger partial charge is 0.462 e. The molecule has 0 bridgehead atoms. The number of carbonyl (C=O) groups excluding carboxylic acids is 3. The number of aliphatic hydroxyl groups excluding tert-OH is 1. The van der Waals surface area contributed by atoms with Gasteiger partial charge in [-0.15, -0.1) is 0 Å². The number of aromatic nitrogens is 1. The maximum Gasteiger partial charge on any atom is 0.339 e. The van der Waals surface area contributed by atoms with E-state index in [4.69, 9.17) is 28.4 Å². The highest BCUT2D eigenvalue weighted by Gasteiger charge is 2.66. The van der Waals surface area contributed by atoms with E-state index >= 15 is 0 Å². The minimum absolute atomic E-state index is 0.0505. The maximum atomic E-state index is 14.2. The summed E-state index contributed by atoms with van der Waals surface area (Å²) < 4.78 is 37.3. The Labute approximate surface area is 325 Å². The van der Waals surface area contributed by atoms with Crippen molar-refractivity contribution < 1.29 is 53.0 Å². The number of Topliss-reactive ketones (excluding diaryl/α,β-unsaturated/α-hetero) is 1. The van der Waals surface area contributed by atoms with Gasteiger partial charge in [0.2, 0.25) is 0 Å². The van der Waals surface area contributed by atoms with Crippen LogP contribution in [0.5, 0.6) is 0 Å². The molecular formula is C42H62N2O11. The molecule has 3 fully saturated rings. The SMILES string of the molecule is CC[C@H]1OC(=O)C(C)C(=O)[C@@H](C)[C@@H](O[C@@H]2O[C@H](C)C[C@H](N(C)C)[C@H]2O)[C@](C)(OC)C[C@@H](C)C2OC2(C)[C@H](CCOC(=O)c2cnc3ccccc3c2)[C@]1(C)O. The van der Waals surface area contributed by atoms with Crippen LogP contribution < -0.4 is 0 Å². The van der Waals surface area contributed by atoms with Crippen LogP contribution in [0, 0.1) is 23.7 Å². The van der Waals surface area contributed by atoms with Gasteiger partial charge in [0, 0.05) is 36.6 Å². The highest BCUT2D eigenvalue weighted by atomic mass is 16.7. The van der Waals surface area contributed by atoms with Gasteiger partial charge in [-0.05, 0) is 92.4 Å². The quantitative estimate of drug-likeness (QED) is 0.205. The van der Waals surface area contributed by atoms with Crippen molar-refractivity contribution in [3.63, 3.8) is 0 Å². The van der Waals surface area contributed by atoms with Gasteiger partial charge in [0.25, 0.3) is 0 Å². The molecule has 2 N–H and O–H groups in total. The summed E-state index contributed by atoms with van der Waals surface area (Å²) in [7, 11) is 5.33. The highest BCUT2D eigenvalue weighted by molar-refractivity contribution is 6.00. The number of hydrogen-bond donors (Lipinski definition) is 2. The number of rotatable bonds is 9. The van der Waals surface area contributed by atoms with Gasteiger partial charge in [0.05, 0.1) is 47.2 Å². The molecule has 1 aromatic heterocycles. The van der Waals surface area contributed by atoms with Crippen LogP contribution in [0.4, 0.5) is 0 Å². The minimum atomic E-state index is -1.65. The van der Waals surface area contributed by atoms with Gasteiger partial charge >= 0.3 is 11.9 Å². The third-order valence-electron chi connectivity index (χ3n) is 12.6. The fourth-order valence-electron chi connectivity index (χ4n) is 9.29. The number of cyclic esters (lactones) is 1. The number of epoxide rings is 1. The molecule has 0 saturated carbocycles. The average Bonchev–Trinajstić information content (AvgIpc) is 3.85. The number of para-hydroxylation sites is 1. The third kappa shape index (κ3) is 8.78. The normalized spacial score (nSPS) is 40.3. The predicted octanol–water partition coefficient (Wildman–Crippen LogP) is 4.73. The van der Waals surface area contributed by atoms with E-state index in [0.29, 0.717) is 18.4 Å². The Balaban J connectivity index is 1.45. The summed E-state index contributed by atoms with van der Waals surface area (Å²) in [6.45, 7) is 14.3. The van der Waals surface area contributed by atoms with Crippen molar-refractivity contribution >= 4 is 28.6 Å². The lowest BCUT2D eigenvalue weighted by Crippen LogP contribution is -2.59. The van der Waals surface area contributed by atoms with Crippen molar-refractivity contribution in [2.75, 3.05) is 27.8 Å². The van der Waals surface area contributed by atoms with E-state index < -0.39 is 83.0 Å². The first-order chi connectivity index (χ1) is 25.8. The lowest BCUT2D eigenvalue weighted by atomic mass is 9.70. The van der Waals surface area contributed by atoms with E-state index in [-0.39, 0.29) is 37.5 Å². The van der Waals surface area contributed by atoms with E-state index in [9.17, 15) is 24.6 Å². The van der Waals surface area contributed by atoms with E-state index in [1.54, 1.807) is 33.9 Å². The van der Waals surface area contributed by atoms with E-state index in [1.165, 1.54) is 13.1 Å². The van der Waals surface area contributed by atoms with E-state index in [1.807, 2.05) is 71.0 Å². The zero-order valence-electron chi connectivity index (χ0n) is 34.3. The number of ether oxygens (including phenoxy) is 6. The molecule has 55 heavy (non-hydrogen) atoms. The first-order valence-corrected chi connectivity index (χ1v) is 19.7. The number of methoxy groups -OCH3 is 1. The topological polar surface area (TPSA) is 166 Å². The maximum absolute atomic E-state index is 14.2. The predicted molar refractivity (Wildman–Crippen MR) is 204 cm³/mol. The Hall–Kier alpha value is -3.04. The summed E-state index contributed by atoms with van der Waals surface area (Å²) in [6, 6.07) is 8.96. The highest BCUT2D eigenvalue weighted by Crippen LogP contribution is 2.54. The fourth-order valence-corrected chi connectivity index (χ4v) is 9.29. The van der Waals surface area contributed by atoms with Gasteiger partial charge in [-0.1, -0.05) is 39.0 Å². The molecule has 0 spiro atoms. The number of hydrogen-bond acceptors (Lipinski definition) is 13. The molecule has 1 aromatic carbocycles. The van der Waals surface area contributed by atoms with Crippen LogP contribution in [-0.4, -0.2) is 125 Å². The summed E-state index contributed by atoms with van der Waals surface area (Å²) in [4.78, 5) is 47.6. The molecule has 13 heteroatoms. The Kier molecular flexibility index (Phi) is 13.2. The summed E-state index contributed by atoms with van der Waals surface area (Å²) >= 11 is 0. The van der Waals surface area contributed by atoms with Crippen molar-refractivity contribution in [3.8, 4) is 0 Å². The summed E-state index contributed by atoms with van der Waals surface area (Å²) in [6.07, 6.45) is -1.80. The summed E-state index contributed by atoms with van der Waals surface area (Å²) in [5, 5.41) is 24.6. The van der Waals surface area contributed by atoms with Crippen LogP contribution in [0.15, 0.2) is 36.5 Å². The van der Waals surface area contributed by atoms with Gasteiger partial charge in [-0.25, -0.2) is 4.79 Å². The molecule has 13 nitrogen and oxygen atoms in total. The minimum Gasteiger partial charge on any atom is -0.462 e. The number of fused-ring (bicyclic) bond motifs is 2. The summed E-state index contributed by atoms with van der Waals surface area (Å²) in [5.74, 6) is -4.73. The molecule has 14 atom stereocenters. The lowest BCUT2D eigenvalue weighted by molar-refractivity contribution is -0.295. The zero-order valence-corrected chi connectivity index (χ0v) is 34.3. The number of esters is 2. The Morgan fingerprint density at radius 2 is 1.78 bits per heavy atom. The Morgan fingerprint density at radius 1 is 1.09 bits per heavy atom. The van der Waals surface area contributed by atoms with Crippen LogP contribution in [0.2, 0.25) is 0 Å². The van der Waals surface area contributed by atoms with Crippen molar-refractivity contribution in [2.24, 2.45) is 23.7 Å². The molecule has 0 radical (unpaired) electrons. The van der Waals surface area contributed by atoms with Crippen LogP contribution in [0.3, 0.4) is 0 Å². The van der Waals surface area contributed by atoms with Crippen LogP contribution in [0.1, 0.15) is 91.4 Å². The smallest absolute Gasteiger partial charge is 0.339 e. The van der Waals surface area contributed by atoms with Gasteiger partial charge in [0.1, 0.15) is 23.7 Å². The second kappa shape index (κ2) is 16.8. The molecule has 306 valence electrons. The molecule has 3 unspecified atom stereocenters. The molecular weight excluding hydrogens is 708 g/mol. The van der Waals surface area contributed by atoms with Crippen LogP contribution in [0.25, 0.3) is 10.9 Å². The van der Waals surface area contributed by atoms with Crippen molar-refractivity contribution in [1.29, 1.82) is 0 Å². The molecule has 3 aliphatic heterocycles. The van der Waals surface area contributed by atoms with Gasteiger partial charge in [-0.3, -0.25) is 14.6 Å². The molecule has 0 aliphatic carbocycles. The number of pyridine rings is 1. The Morgan fingerprint density at radius 3 is 2.44 bits per heavy atom. The number of likely N-dealkylation sites (N-methyl/N-ethyl adjacent to an activating group) is 1. The number of nitrogens with zero attached hydrogens (tertiary/aromatic N) is 2. The van der Waals surface area contributed by atoms with Gasteiger partial charge in [-0.2, -0.15) is 0 Å². The summed E-state index contributed by atoms with van der Waals surface area (Å²) in [5.41, 5.74) is -2.63. The number of ketones is 1. The second-order valence-electron chi connectivity index (χ2n) is 16.9. The zero-order chi connectivity index (χ0) is 40.6. The average molecular weight is 771 g/mol. The van der Waals surface area contributed by atoms with Gasteiger partial charge in [0.15, 0.2) is 12.1 Å². The molecule has 3 saturated heterocycles. The van der Waals surface area contributed by atoms with E-state index in [0.717, 1.165) is 10.9 Å². The molecule has 5 rings (SSSR count). The van der Waals surface area contributed by atoms with E-state index in [2.05, 4.69) is 4.98 Å². The second-order valence-corrected chi connectivity index (χ2v) is 16.9. The molecule has 3 aliphatic rings. The molecule has 0 amide bonds. The van der Waals surface area contributed by atoms with Gasteiger partial charge < -0.3 is 43.5 Å². The van der Waals surface area contributed by atoms with Crippen LogP contribution in [-0.2, 0) is 38.0 Å². The number of benzene rings is 1. The van der Waals surface area contributed by atoms with Crippen molar-refractivity contribution in [3.05, 3.63) is 42.1 Å². The van der Waals surface area contributed by atoms with Crippen molar-refractivity contribution in [2.45, 2.75) is 141 Å². The van der Waals surface area contributed by atoms with Crippen LogP contribution >= 0.6 is 0 Å². The van der Waals surface area contributed by atoms with Crippen molar-refractivity contribution in [1.82, 2.24) is 9.88 Å². The Bertz CT molecular complexity index is 1690.